The molecule has 1 aliphatic heterocycles. The molecule has 1 aliphatic rings. The Morgan fingerprint density at radius 1 is 0.914 bits per heavy atom. The van der Waals surface area contributed by atoms with Crippen LogP contribution in [0.3, 0.4) is 0 Å². The van der Waals surface area contributed by atoms with Gasteiger partial charge < -0.3 is 15.0 Å². The molecule has 4 rings (SSSR count). The average molecular weight is 506 g/mol. The highest BCUT2D eigenvalue weighted by Crippen LogP contribution is 2.31. The topological polar surface area (TPSA) is 87.7 Å². The van der Waals surface area contributed by atoms with E-state index < -0.39 is 27.7 Å². The monoisotopic (exact) mass is 505 g/mol. The van der Waals surface area contributed by atoms with Crippen LogP contribution in [0.15, 0.2) is 77.7 Å². The number of carbonyl (C=O) groups is 1. The maximum atomic E-state index is 13.0. The molecule has 0 aliphatic carbocycles. The number of nitrogens with one attached hydrogen (secondary N) is 2. The molecule has 0 bridgehead atoms. The van der Waals surface area contributed by atoms with Gasteiger partial charge in [0.25, 0.3) is 15.9 Å². The quantitative estimate of drug-likeness (QED) is 0.512. The van der Waals surface area contributed by atoms with Gasteiger partial charge in [0.2, 0.25) is 0 Å². The van der Waals surface area contributed by atoms with Crippen molar-refractivity contribution in [3.8, 4) is 0 Å². The van der Waals surface area contributed by atoms with E-state index in [1.165, 1.54) is 30.3 Å². The number of sulfonamides is 1. The van der Waals surface area contributed by atoms with E-state index in [9.17, 15) is 26.4 Å². The van der Waals surface area contributed by atoms with Crippen LogP contribution in [0.5, 0.6) is 0 Å². The van der Waals surface area contributed by atoms with Crippen molar-refractivity contribution < 1.29 is 31.1 Å². The zero-order valence-corrected chi connectivity index (χ0v) is 19.2. The van der Waals surface area contributed by atoms with Crippen molar-refractivity contribution >= 4 is 33.0 Å². The molecule has 0 unspecified atom stereocenters. The summed E-state index contributed by atoms with van der Waals surface area (Å²) in [5, 5.41) is 2.81. The molecule has 3 aromatic carbocycles. The summed E-state index contributed by atoms with van der Waals surface area (Å²) in [7, 11) is -4.25. The van der Waals surface area contributed by atoms with Crippen LogP contribution in [0.25, 0.3) is 0 Å². The first-order valence-electron chi connectivity index (χ1n) is 10.7. The number of hydrogen-bond donors (Lipinski definition) is 2. The summed E-state index contributed by atoms with van der Waals surface area (Å²) in [6.07, 6.45) is -4.61. The molecule has 1 heterocycles. The van der Waals surface area contributed by atoms with Gasteiger partial charge in [0.15, 0.2) is 0 Å². The highest BCUT2D eigenvalue weighted by Gasteiger charge is 2.31. The second-order valence-electron chi connectivity index (χ2n) is 7.78. The van der Waals surface area contributed by atoms with Gasteiger partial charge in [-0.25, -0.2) is 8.42 Å². The first kappa shape index (κ1) is 24.6. The lowest BCUT2D eigenvalue weighted by molar-refractivity contribution is -0.137. The van der Waals surface area contributed by atoms with E-state index in [1.807, 2.05) is 12.1 Å². The minimum absolute atomic E-state index is 0.0775. The van der Waals surface area contributed by atoms with Crippen LogP contribution < -0.4 is 14.9 Å². The maximum Gasteiger partial charge on any atom is 0.416 e. The number of para-hydroxylation sites is 2. The normalized spacial score (nSPS) is 14.4. The molecule has 1 fully saturated rings. The highest BCUT2D eigenvalue weighted by atomic mass is 32.2. The predicted octanol–water partition coefficient (Wildman–Crippen LogP) is 4.60. The van der Waals surface area contributed by atoms with Crippen molar-refractivity contribution in [3.05, 3.63) is 83.9 Å². The highest BCUT2D eigenvalue weighted by molar-refractivity contribution is 7.92. The molecule has 35 heavy (non-hydrogen) atoms. The Morgan fingerprint density at radius 3 is 2.37 bits per heavy atom. The SMILES string of the molecule is O=C(Nc1ccccc1N1CCOCC1)c1cccc(S(=O)(=O)Nc2cccc(C(F)(F)F)c2)c1. The van der Waals surface area contributed by atoms with Crippen molar-refractivity contribution in [2.24, 2.45) is 0 Å². The fraction of sp³-hybridized carbons (Fsp3) is 0.208. The summed E-state index contributed by atoms with van der Waals surface area (Å²) in [5.74, 6) is -0.526. The lowest BCUT2D eigenvalue weighted by atomic mass is 10.2. The van der Waals surface area contributed by atoms with Gasteiger partial charge in [-0.15, -0.1) is 0 Å². The van der Waals surface area contributed by atoms with Gasteiger partial charge in [-0.2, -0.15) is 13.2 Å². The zero-order chi connectivity index (χ0) is 25.1. The number of carbonyl (C=O) groups excluding carboxylic acids is 1. The van der Waals surface area contributed by atoms with Crippen molar-refractivity contribution in [2.75, 3.05) is 41.2 Å². The van der Waals surface area contributed by atoms with Crippen molar-refractivity contribution in [1.82, 2.24) is 0 Å². The number of amides is 1. The molecule has 0 saturated carbocycles. The third-order valence-corrected chi connectivity index (χ3v) is 6.73. The van der Waals surface area contributed by atoms with E-state index in [0.717, 1.165) is 17.8 Å². The lowest BCUT2D eigenvalue weighted by Gasteiger charge is -2.30. The van der Waals surface area contributed by atoms with E-state index in [2.05, 4.69) is 14.9 Å². The first-order chi connectivity index (χ1) is 16.6. The molecular weight excluding hydrogens is 483 g/mol. The molecule has 0 radical (unpaired) electrons. The fourth-order valence-corrected chi connectivity index (χ4v) is 4.73. The summed E-state index contributed by atoms with van der Waals surface area (Å²) in [6.45, 7) is 2.48. The molecule has 184 valence electrons. The minimum Gasteiger partial charge on any atom is -0.378 e. The van der Waals surface area contributed by atoms with Crippen LogP contribution in [-0.4, -0.2) is 40.6 Å². The van der Waals surface area contributed by atoms with Gasteiger partial charge in [-0.05, 0) is 48.5 Å². The molecule has 11 heteroatoms. The van der Waals surface area contributed by atoms with Crippen LogP contribution in [0.1, 0.15) is 15.9 Å². The number of rotatable bonds is 6. The van der Waals surface area contributed by atoms with Gasteiger partial charge in [-0.3, -0.25) is 9.52 Å². The predicted molar refractivity (Wildman–Crippen MR) is 126 cm³/mol. The zero-order valence-electron chi connectivity index (χ0n) is 18.4. The number of benzene rings is 3. The minimum atomic E-state index is -4.61. The third kappa shape index (κ3) is 5.92. The van der Waals surface area contributed by atoms with Crippen molar-refractivity contribution in [1.29, 1.82) is 0 Å². The molecule has 1 amide bonds. The molecule has 7 nitrogen and oxygen atoms in total. The van der Waals surface area contributed by atoms with Gasteiger partial charge in [0, 0.05) is 24.3 Å². The van der Waals surface area contributed by atoms with E-state index in [0.29, 0.717) is 38.1 Å². The largest absolute Gasteiger partial charge is 0.416 e. The number of hydrogen-bond acceptors (Lipinski definition) is 5. The number of ether oxygens (including phenoxy) is 1. The Labute approximate surface area is 200 Å². The molecule has 2 N–H and O–H groups in total. The van der Waals surface area contributed by atoms with Crippen LogP contribution in [0.4, 0.5) is 30.2 Å². The van der Waals surface area contributed by atoms with E-state index in [1.54, 1.807) is 12.1 Å². The Kier molecular flexibility index (Phi) is 6.99. The molecule has 0 aromatic heterocycles. The number of nitrogens with zero attached hydrogens (tertiary/aromatic N) is 1. The van der Waals surface area contributed by atoms with Crippen LogP contribution >= 0.6 is 0 Å². The van der Waals surface area contributed by atoms with Crippen molar-refractivity contribution in [2.45, 2.75) is 11.1 Å². The Hall–Kier alpha value is -3.57. The van der Waals surface area contributed by atoms with Crippen LogP contribution in [0.2, 0.25) is 0 Å². The van der Waals surface area contributed by atoms with Crippen LogP contribution in [-0.2, 0) is 20.9 Å². The smallest absolute Gasteiger partial charge is 0.378 e. The van der Waals surface area contributed by atoms with Gasteiger partial charge in [-0.1, -0.05) is 24.3 Å². The third-order valence-electron chi connectivity index (χ3n) is 5.35. The molecule has 3 aromatic rings. The molecular formula is C24H22F3N3O4S. The number of morpholine rings is 1. The number of anilines is 3. The molecule has 1 saturated heterocycles. The number of alkyl halides is 3. The molecule has 0 atom stereocenters. The Bertz CT molecular complexity index is 1320. The summed E-state index contributed by atoms with van der Waals surface area (Å²) >= 11 is 0. The Morgan fingerprint density at radius 2 is 1.63 bits per heavy atom. The van der Waals surface area contributed by atoms with Gasteiger partial charge in [0.05, 0.1) is 35.0 Å². The Balaban J connectivity index is 1.54. The van der Waals surface area contributed by atoms with Crippen LogP contribution in [0, 0.1) is 0 Å². The first-order valence-corrected chi connectivity index (χ1v) is 12.1. The summed E-state index contributed by atoms with van der Waals surface area (Å²) < 4.78 is 72.0. The average Bonchev–Trinajstić information content (AvgIpc) is 2.84. The summed E-state index contributed by atoms with van der Waals surface area (Å²) in [6, 6.07) is 16.4. The van der Waals surface area contributed by atoms with E-state index >= 15 is 0 Å². The standard InChI is InChI=1S/C24H22F3N3O4S/c25-24(26,27)18-6-4-7-19(16-18)29-35(32,33)20-8-3-5-17(15-20)23(31)28-21-9-1-2-10-22(21)30-11-13-34-14-12-30/h1-10,15-16,29H,11-14H2,(H,28,31). The van der Waals surface area contributed by atoms with E-state index in [-0.39, 0.29) is 16.1 Å². The van der Waals surface area contributed by atoms with E-state index in [4.69, 9.17) is 4.74 Å². The second-order valence-corrected chi connectivity index (χ2v) is 9.46. The number of halogens is 3. The van der Waals surface area contributed by atoms with Gasteiger partial charge in [0.1, 0.15) is 0 Å². The van der Waals surface area contributed by atoms with Crippen molar-refractivity contribution in [3.63, 3.8) is 0 Å². The summed E-state index contributed by atoms with van der Waals surface area (Å²) in [5.41, 5.74) is 0.237. The summed E-state index contributed by atoms with van der Waals surface area (Å²) in [4.78, 5) is 14.8. The fourth-order valence-electron chi connectivity index (χ4n) is 3.63. The van der Waals surface area contributed by atoms with Gasteiger partial charge >= 0.3 is 6.18 Å². The molecule has 0 spiro atoms. The second kappa shape index (κ2) is 9.96. The lowest BCUT2D eigenvalue weighted by Crippen LogP contribution is -2.36. The maximum absolute atomic E-state index is 13.0.